The molecule has 0 saturated heterocycles. The third-order valence-electron chi connectivity index (χ3n) is 2.50. The van der Waals surface area contributed by atoms with E-state index in [1.54, 1.807) is 11.3 Å². The fourth-order valence-electron chi connectivity index (χ4n) is 1.61. The van der Waals surface area contributed by atoms with Crippen molar-refractivity contribution in [1.82, 2.24) is 0 Å². The Morgan fingerprint density at radius 2 is 1.94 bits per heavy atom. The summed E-state index contributed by atoms with van der Waals surface area (Å²) in [7, 11) is 0. The Balaban J connectivity index is 2.18. The Morgan fingerprint density at radius 1 is 1.12 bits per heavy atom. The largest absolute Gasteiger partial charge is 0.135 e. The summed E-state index contributed by atoms with van der Waals surface area (Å²) in [5, 5.41) is 2.06. The van der Waals surface area contributed by atoms with Gasteiger partial charge in [-0.05, 0) is 23.4 Å². The van der Waals surface area contributed by atoms with Crippen LogP contribution in [-0.4, -0.2) is 0 Å². The molecule has 1 heteroatoms. The molecule has 0 aliphatic rings. The first-order valence-corrected chi connectivity index (χ1v) is 6.38. The number of rotatable bonds is 2. The lowest BCUT2D eigenvalue weighted by atomic mass is 9.97. The molecular weight excluding hydrogens is 212 g/mol. The summed E-state index contributed by atoms with van der Waals surface area (Å²) in [5.41, 5.74) is 1.31. The average Bonchev–Trinajstić information content (AvgIpc) is 2.84. The minimum Gasteiger partial charge on any atom is -0.135 e. The number of hydrogen-bond donors (Lipinski definition) is 0. The van der Waals surface area contributed by atoms with Gasteiger partial charge in [0.15, 0.2) is 0 Å². The van der Waals surface area contributed by atoms with Gasteiger partial charge in [0.2, 0.25) is 0 Å². The van der Waals surface area contributed by atoms with Gasteiger partial charge in [0.25, 0.3) is 0 Å². The summed E-state index contributed by atoms with van der Waals surface area (Å²) in [4.78, 5) is 1.15. The lowest BCUT2D eigenvalue weighted by Gasteiger charge is -2.06. The summed E-state index contributed by atoms with van der Waals surface area (Å²) in [6, 6.07) is 14.6. The van der Waals surface area contributed by atoms with E-state index in [1.165, 1.54) is 5.56 Å². The van der Waals surface area contributed by atoms with Crippen molar-refractivity contribution in [1.29, 1.82) is 0 Å². The van der Waals surface area contributed by atoms with Crippen molar-refractivity contribution in [2.75, 3.05) is 0 Å². The molecule has 16 heavy (non-hydrogen) atoms. The van der Waals surface area contributed by atoms with Crippen molar-refractivity contribution in [2.24, 2.45) is 0 Å². The lowest BCUT2D eigenvalue weighted by Crippen LogP contribution is -1.92. The van der Waals surface area contributed by atoms with E-state index in [0.29, 0.717) is 5.92 Å². The van der Waals surface area contributed by atoms with Crippen LogP contribution in [0.4, 0.5) is 0 Å². The van der Waals surface area contributed by atoms with E-state index in [2.05, 4.69) is 54.5 Å². The van der Waals surface area contributed by atoms with Gasteiger partial charge in [-0.1, -0.05) is 55.2 Å². The van der Waals surface area contributed by atoms with Crippen LogP contribution in [0.15, 0.2) is 47.8 Å². The van der Waals surface area contributed by atoms with Gasteiger partial charge in [0.05, 0.1) is 4.88 Å². The van der Waals surface area contributed by atoms with Gasteiger partial charge < -0.3 is 0 Å². The van der Waals surface area contributed by atoms with Crippen molar-refractivity contribution >= 4 is 11.3 Å². The normalized spacial score (nSPS) is 11.6. The van der Waals surface area contributed by atoms with Gasteiger partial charge in [0, 0.05) is 5.92 Å². The highest BCUT2D eigenvalue weighted by Gasteiger charge is 2.03. The van der Waals surface area contributed by atoms with Crippen molar-refractivity contribution < 1.29 is 0 Å². The Hall–Kier alpha value is -1.52. The molecule has 0 saturated carbocycles. The second-order valence-corrected chi connectivity index (χ2v) is 4.57. The molecule has 1 atom stereocenters. The van der Waals surface area contributed by atoms with E-state index in [4.69, 9.17) is 0 Å². The topological polar surface area (TPSA) is 0 Å². The van der Waals surface area contributed by atoms with Crippen LogP contribution in [0.1, 0.15) is 29.7 Å². The molecule has 0 aliphatic carbocycles. The molecule has 1 heterocycles. The maximum Gasteiger partial charge on any atom is 0.0768 e. The fraction of sp³-hybridized carbons (Fsp3) is 0.200. The lowest BCUT2D eigenvalue weighted by molar-refractivity contribution is 0.830. The summed E-state index contributed by atoms with van der Waals surface area (Å²) < 4.78 is 0. The second kappa shape index (κ2) is 5.53. The molecule has 0 radical (unpaired) electrons. The molecular formula is C15H14S. The van der Waals surface area contributed by atoms with Crippen LogP contribution in [0.2, 0.25) is 0 Å². The van der Waals surface area contributed by atoms with Crippen molar-refractivity contribution in [2.45, 2.75) is 19.3 Å². The molecule has 0 fully saturated rings. The highest BCUT2D eigenvalue weighted by Crippen LogP contribution is 2.18. The summed E-state index contributed by atoms with van der Waals surface area (Å²) in [6.07, 6.45) is 1.06. The molecule has 0 unspecified atom stereocenters. The summed E-state index contributed by atoms with van der Waals surface area (Å²) >= 11 is 1.70. The van der Waals surface area contributed by atoms with Crippen molar-refractivity contribution in [3.05, 3.63) is 58.3 Å². The predicted molar refractivity (Wildman–Crippen MR) is 70.7 cm³/mol. The monoisotopic (exact) mass is 226 g/mol. The first kappa shape index (κ1) is 11.0. The van der Waals surface area contributed by atoms with Crippen LogP contribution in [0, 0.1) is 11.8 Å². The maximum absolute atomic E-state index is 3.35. The molecule has 80 valence electrons. The number of benzene rings is 1. The smallest absolute Gasteiger partial charge is 0.0768 e. The van der Waals surface area contributed by atoms with Crippen LogP contribution in [-0.2, 0) is 0 Å². The molecule has 2 aromatic rings. The maximum atomic E-state index is 3.35. The van der Waals surface area contributed by atoms with Crippen LogP contribution in [0.3, 0.4) is 0 Å². The number of thiophene rings is 1. The van der Waals surface area contributed by atoms with E-state index in [-0.39, 0.29) is 0 Å². The molecule has 0 spiro atoms. The zero-order chi connectivity index (χ0) is 11.2. The highest BCUT2D eigenvalue weighted by atomic mass is 32.1. The van der Waals surface area contributed by atoms with Gasteiger partial charge in [0.1, 0.15) is 0 Å². The Kier molecular flexibility index (Phi) is 3.80. The zero-order valence-corrected chi connectivity index (χ0v) is 10.1. The first-order chi connectivity index (χ1) is 7.90. The second-order valence-electron chi connectivity index (χ2n) is 3.62. The third kappa shape index (κ3) is 2.74. The van der Waals surface area contributed by atoms with Gasteiger partial charge >= 0.3 is 0 Å². The molecule has 0 amide bonds. The van der Waals surface area contributed by atoms with E-state index in [9.17, 15) is 0 Å². The van der Waals surface area contributed by atoms with E-state index in [1.807, 2.05) is 12.1 Å². The van der Waals surface area contributed by atoms with Gasteiger partial charge in [-0.25, -0.2) is 0 Å². The summed E-state index contributed by atoms with van der Waals surface area (Å²) in [5.74, 6) is 6.94. The molecule has 0 aliphatic heterocycles. The van der Waals surface area contributed by atoms with E-state index < -0.39 is 0 Å². The van der Waals surface area contributed by atoms with Gasteiger partial charge in [-0.3, -0.25) is 0 Å². The van der Waals surface area contributed by atoms with Crippen molar-refractivity contribution in [3.63, 3.8) is 0 Å². The van der Waals surface area contributed by atoms with Crippen molar-refractivity contribution in [3.8, 4) is 11.8 Å². The molecule has 2 rings (SSSR count). The minimum absolute atomic E-state index is 0.350. The van der Waals surface area contributed by atoms with E-state index >= 15 is 0 Å². The Labute approximate surface area is 101 Å². The van der Waals surface area contributed by atoms with Gasteiger partial charge in [-0.15, -0.1) is 11.3 Å². The zero-order valence-electron chi connectivity index (χ0n) is 9.31. The number of hydrogen-bond acceptors (Lipinski definition) is 1. The molecule has 1 aromatic carbocycles. The SMILES string of the molecule is CC[C@@H](C#Cc1cccs1)c1ccccc1. The highest BCUT2D eigenvalue weighted by molar-refractivity contribution is 7.10. The van der Waals surface area contributed by atoms with Gasteiger partial charge in [-0.2, -0.15) is 0 Å². The quantitative estimate of drug-likeness (QED) is 0.670. The molecule has 0 bridgehead atoms. The first-order valence-electron chi connectivity index (χ1n) is 5.50. The predicted octanol–water partition coefficient (Wildman–Crippen LogP) is 4.29. The van der Waals surface area contributed by atoms with Crippen LogP contribution in [0.25, 0.3) is 0 Å². The molecule has 1 aromatic heterocycles. The average molecular weight is 226 g/mol. The molecule has 0 N–H and O–H groups in total. The van der Waals surface area contributed by atoms with Crippen LogP contribution in [0.5, 0.6) is 0 Å². The van der Waals surface area contributed by atoms with Crippen LogP contribution < -0.4 is 0 Å². The Bertz CT molecular complexity index is 471. The third-order valence-corrected chi connectivity index (χ3v) is 3.29. The molecule has 0 nitrogen and oxygen atoms in total. The Morgan fingerprint density at radius 3 is 2.56 bits per heavy atom. The summed E-state index contributed by atoms with van der Waals surface area (Å²) in [6.45, 7) is 2.18. The minimum atomic E-state index is 0.350. The fourth-order valence-corrected chi connectivity index (χ4v) is 2.19. The van der Waals surface area contributed by atoms with Crippen LogP contribution >= 0.6 is 11.3 Å². The van der Waals surface area contributed by atoms with E-state index in [0.717, 1.165) is 11.3 Å². The standard InChI is InChI=1S/C15H14S/c1-2-13(14-7-4-3-5-8-14)10-11-15-9-6-12-16-15/h3-9,12-13H,2H2,1H3/t13-/m0/s1.